The lowest BCUT2D eigenvalue weighted by atomic mass is 10.1. The fourth-order valence-electron chi connectivity index (χ4n) is 4.31. The Balaban J connectivity index is 1.49. The largest absolute Gasteiger partial charge is 0.351 e. The summed E-state index contributed by atoms with van der Waals surface area (Å²) in [5.41, 5.74) is 4.44. The molecule has 0 bridgehead atoms. The van der Waals surface area contributed by atoms with Crippen LogP contribution in [0.5, 0.6) is 0 Å². The van der Waals surface area contributed by atoms with Crippen molar-refractivity contribution in [1.82, 2.24) is 24.7 Å². The zero-order valence-electron chi connectivity index (χ0n) is 16.0. The molecule has 3 heterocycles. The van der Waals surface area contributed by atoms with Gasteiger partial charge in [0.15, 0.2) is 5.65 Å². The Bertz CT molecular complexity index is 1430. The standard InChI is InChI=1S/C23H18N6O/c30-22-19-13-25-28-20(19)18-12-24-23(26-16-10-14-6-4-5-7-15(14)11-16)27-21(18)29(22)17-8-2-1-3-9-17/h1-9,12-13,16H,10-11H2,(H,25,28)(H,24,26,27). The molecule has 6 rings (SSSR count). The molecule has 30 heavy (non-hydrogen) atoms. The number of hydrogen-bond acceptors (Lipinski definition) is 5. The van der Waals surface area contributed by atoms with Crippen molar-refractivity contribution in [3.05, 3.63) is 88.5 Å². The number of anilines is 1. The van der Waals surface area contributed by atoms with Crippen LogP contribution in [0.4, 0.5) is 5.95 Å². The van der Waals surface area contributed by atoms with Gasteiger partial charge in [0.05, 0.1) is 16.5 Å². The van der Waals surface area contributed by atoms with E-state index in [9.17, 15) is 4.79 Å². The van der Waals surface area contributed by atoms with Crippen molar-refractivity contribution in [3.63, 3.8) is 0 Å². The van der Waals surface area contributed by atoms with Crippen molar-refractivity contribution in [2.45, 2.75) is 18.9 Å². The monoisotopic (exact) mass is 394 g/mol. The Morgan fingerprint density at radius 3 is 2.47 bits per heavy atom. The third kappa shape index (κ3) is 2.59. The van der Waals surface area contributed by atoms with Crippen LogP contribution in [0.2, 0.25) is 0 Å². The van der Waals surface area contributed by atoms with Gasteiger partial charge in [0, 0.05) is 18.4 Å². The molecule has 2 N–H and O–H groups in total. The first-order valence-corrected chi connectivity index (χ1v) is 9.92. The second-order valence-corrected chi connectivity index (χ2v) is 7.57. The van der Waals surface area contributed by atoms with Gasteiger partial charge in [-0.1, -0.05) is 42.5 Å². The van der Waals surface area contributed by atoms with E-state index < -0.39 is 0 Å². The van der Waals surface area contributed by atoms with Crippen LogP contribution < -0.4 is 10.9 Å². The summed E-state index contributed by atoms with van der Waals surface area (Å²) in [6.45, 7) is 0. The minimum Gasteiger partial charge on any atom is -0.351 e. The molecule has 3 aromatic heterocycles. The van der Waals surface area contributed by atoms with Crippen molar-refractivity contribution in [3.8, 4) is 5.69 Å². The van der Waals surface area contributed by atoms with E-state index in [1.165, 1.54) is 11.1 Å². The molecule has 5 aromatic rings. The van der Waals surface area contributed by atoms with Crippen molar-refractivity contribution in [2.24, 2.45) is 0 Å². The zero-order chi connectivity index (χ0) is 20.1. The highest BCUT2D eigenvalue weighted by Crippen LogP contribution is 2.25. The third-order valence-corrected chi connectivity index (χ3v) is 5.71. The van der Waals surface area contributed by atoms with Crippen molar-refractivity contribution in [1.29, 1.82) is 0 Å². The molecule has 1 aliphatic carbocycles. The molecular weight excluding hydrogens is 376 g/mol. The molecule has 0 fully saturated rings. The predicted octanol–water partition coefficient (Wildman–Crippen LogP) is 3.24. The Labute approximate surface area is 171 Å². The molecule has 0 amide bonds. The van der Waals surface area contributed by atoms with Gasteiger partial charge in [-0.15, -0.1) is 0 Å². The molecule has 7 heteroatoms. The van der Waals surface area contributed by atoms with Crippen LogP contribution in [0.1, 0.15) is 11.1 Å². The van der Waals surface area contributed by atoms with Gasteiger partial charge in [0.25, 0.3) is 5.56 Å². The highest BCUT2D eigenvalue weighted by Gasteiger charge is 2.22. The topological polar surface area (TPSA) is 88.5 Å². The summed E-state index contributed by atoms with van der Waals surface area (Å²) in [6, 6.07) is 18.2. The Morgan fingerprint density at radius 1 is 0.967 bits per heavy atom. The van der Waals surface area contributed by atoms with E-state index in [0.717, 1.165) is 23.9 Å². The normalized spacial score (nSPS) is 13.7. The van der Waals surface area contributed by atoms with E-state index in [4.69, 9.17) is 4.98 Å². The maximum Gasteiger partial charge on any atom is 0.267 e. The number of para-hydroxylation sites is 1. The summed E-state index contributed by atoms with van der Waals surface area (Å²) < 4.78 is 1.63. The number of fused-ring (bicyclic) bond motifs is 4. The van der Waals surface area contributed by atoms with Gasteiger partial charge in [0.2, 0.25) is 5.95 Å². The summed E-state index contributed by atoms with van der Waals surface area (Å²) in [7, 11) is 0. The van der Waals surface area contributed by atoms with Gasteiger partial charge in [0.1, 0.15) is 5.52 Å². The van der Waals surface area contributed by atoms with Crippen LogP contribution in [-0.4, -0.2) is 30.8 Å². The van der Waals surface area contributed by atoms with Crippen LogP contribution in [-0.2, 0) is 12.8 Å². The van der Waals surface area contributed by atoms with Crippen LogP contribution >= 0.6 is 0 Å². The van der Waals surface area contributed by atoms with Crippen molar-refractivity contribution >= 4 is 27.9 Å². The molecule has 0 saturated carbocycles. The highest BCUT2D eigenvalue weighted by molar-refractivity contribution is 6.02. The lowest BCUT2D eigenvalue weighted by Gasteiger charge is -2.14. The summed E-state index contributed by atoms with van der Waals surface area (Å²) >= 11 is 0. The highest BCUT2D eigenvalue weighted by atomic mass is 16.1. The van der Waals surface area contributed by atoms with Gasteiger partial charge < -0.3 is 5.32 Å². The van der Waals surface area contributed by atoms with Crippen molar-refractivity contribution < 1.29 is 0 Å². The van der Waals surface area contributed by atoms with Gasteiger partial charge in [-0.3, -0.25) is 14.5 Å². The van der Waals surface area contributed by atoms with Crippen LogP contribution in [0.25, 0.3) is 27.6 Å². The second-order valence-electron chi connectivity index (χ2n) is 7.57. The molecule has 1 aliphatic rings. The fraction of sp³-hybridized carbons (Fsp3) is 0.130. The van der Waals surface area contributed by atoms with Gasteiger partial charge in [-0.2, -0.15) is 10.1 Å². The number of H-pyrrole nitrogens is 1. The molecule has 0 atom stereocenters. The smallest absolute Gasteiger partial charge is 0.267 e. The van der Waals surface area contributed by atoms with E-state index >= 15 is 0 Å². The maximum atomic E-state index is 13.2. The van der Waals surface area contributed by atoms with Gasteiger partial charge >= 0.3 is 0 Å². The Kier molecular flexibility index (Phi) is 3.67. The van der Waals surface area contributed by atoms with E-state index in [1.807, 2.05) is 30.3 Å². The van der Waals surface area contributed by atoms with E-state index in [2.05, 4.69) is 44.8 Å². The number of nitrogens with one attached hydrogen (secondary N) is 2. The number of aromatic nitrogens is 5. The van der Waals surface area contributed by atoms with Gasteiger partial charge in [-0.05, 0) is 36.1 Å². The molecule has 0 aliphatic heterocycles. The minimum atomic E-state index is -0.157. The van der Waals surface area contributed by atoms with E-state index in [1.54, 1.807) is 17.0 Å². The first-order valence-electron chi connectivity index (χ1n) is 9.92. The number of rotatable bonds is 3. The SMILES string of the molecule is O=c1c2c[nH]nc2c2cnc(NC3Cc4ccccc4C3)nc2n1-c1ccccc1. The first kappa shape index (κ1) is 16.9. The molecule has 0 unspecified atom stereocenters. The number of benzene rings is 2. The second kappa shape index (κ2) is 6.52. The zero-order valence-corrected chi connectivity index (χ0v) is 16.0. The Morgan fingerprint density at radius 2 is 1.70 bits per heavy atom. The molecular formula is C23H18N6O. The molecule has 0 saturated heterocycles. The predicted molar refractivity (Wildman–Crippen MR) is 116 cm³/mol. The number of aromatic amines is 1. The van der Waals surface area contributed by atoms with Gasteiger partial charge in [-0.25, -0.2) is 4.98 Å². The molecule has 7 nitrogen and oxygen atoms in total. The average molecular weight is 394 g/mol. The van der Waals surface area contributed by atoms with E-state index in [0.29, 0.717) is 22.5 Å². The summed E-state index contributed by atoms with van der Waals surface area (Å²) in [5.74, 6) is 0.513. The fourth-order valence-corrected chi connectivity index (χ4v) is 4.31. The van der Waals surface area contributed by atoms with Crippen LogP contribution in [0.3, 0.4) is 0 Å². The molecule has 146 valence electrons. The lowest BCUT2D eigenvalue weighted by Crippen LogP contribution is -2.23. The molecule has 0 spiro atoms. The maximum absolute atomic E-state index is 13.2. The molecule has 2 aromatic carbocycles. The van der Waals surface area contributed by atoms with Crippen LogP contribution in [0.15, 0.2) is 71.8 Å². The third-order valence-electron chi connectivity index (χ3n) is 5.71. The number of nitrogens with zero attached hydrogens (tertiary/aromatic N) is 4. The first-order chi connectivity index (χ1) is 14.8. The van der Waals surface area contributed by atoms with E-state index in [-0.39, 0.29) is 11.6 Å². The quantitative estimate of drug-likeness (QED) is 0.490. The summed E-state index contributed by atoms with van der Waals surface area (Å²) in [5, 5.41) is 11.8. The number of pyridine rings is 1. The average Bonchev–Trinajstić information content (AvgIpc) is 3.41. The summed E-state index contributed by atoms with van der Waals surface area (Å²) in [4.78, 5) is 22.5. The molecule has 0 radical (unpaired) electrons. The Hall–Kier alpha value is -4.00. The van der Waals surface area contributed by atoms with Crippen molar-refractivity contribution in [2.75, 3.05) is 5.32 Å². The number of hydrogen-bond donors (Lipinski definition) is 2. The van der Waals surface area contributed by atoms with Crippen LogP contribution in [0, 0.1) is 0 Å². The lowest BCUT2D eigenvalue weighted by molar-refractivity contribution is 0.762. The summed E-state index contributed by atoms with van der Waals surface area (Å²) in [6.07, 6.45) is 5.23. The minimum absolute atomic E-state index is 0.157.